The fourth-order valence-corrected chi connectivity index (χ4v) is 4.35. The minimum absolute atomic E-state index is 0.113. The predicted molar refractivity (Wildman–Crippen MR) is 96.2 cm³/mol. The first-order valence-corrected chi connectivity index (χ1v) is 9.00. The molecule has 3 N–H and O–H groups in total. The molecule has 0 aliphatic carbocycles. The summed E-state index contributed by atoms with van der Waals surface area (Å²) >= 11 is 1.42. The van der Waals surface area contributed by atoms with E-state index in [1.807, 2.05) is 0 Å². The van der Waals surface area contributed by atoms with Crippen LogP contribution in [0.4, 0.5) is 9.39 Å². The van der Waals surface area contributed by atoms with E-state index < -0.39 is 5.91 Å². The third kappa shape index (κ3) is 3.88. The highest BCUT2D eigenvalue weighted by molar-refractivity contribution is 7.17. The van der Waals surface area contributed by atoms with Crippen LogP contribution >= 0.6 is 11.3 Å². The van der Waals surface area contributed by atoms with Gasteiger partial charge in [-0.2, -0.15) is 0 Å². The first-order chi connectivity index (χ1) is 12.0. The Morgan fingerprint density at radius 2 is 2.04 bits per heavy atom. The fourth-order valence-electron chi connectivity index (χ4n) is 3.03. The van der Waals surface area contributed by atoms with Crippen molar-refractivity contribution in [1.82, 2.24) is 4.90 Å². The Labute approximate surface area is 149 Å². The summed E-state index contributed by atoms with van der Waals surface area (Å²) < 4.78 is 13.0. The Morgan fingerprint density at radius 1 is 1.32 bits per heavy atom. The molecule has 1 aromatic carbocycles. The van der Waals surface area contributed by atoms with Crippen molar-refractivity contribution < 1.29 is 14.0 Å². The molecule has 0 radical (unpaired) electrons. The minimum atomic E-state index is -0.514. The number of benzene rings is 1. The van der Waals surface area contributed by atoms with Gasteiger partial charge in [-0.1, -0.05) is 19.1 Å². The predicted octanol–water partition coefficient (Wildman–Crippen LogP) is 2.55. The van der Waals surface area contributed by atoms with E-state index in [1.54, 1.807) is 12.1 Å². The first-order valence-electron chi connectivity index (χ1n) is 8.19. The van der Waals surface area contributed by atoms with E-state index in [0.29, 0.717) is 16.1 Å². The van der Waals surface area contributed by atoms with Crippen LogP contribution in [0.2, 0.25) is 0 Å². The van der Waals surface area contributed by atoms with Crippen LogP contribution in [0, 0.1) is 5.82 Å². The molecule has 0 bridgehead atoms. The smallest absolute Gasteiger partial charge is 0.251 e. The quantitative estimate of drug-likeness (QED) is 0.859. The van der Waals surface area contributed by atoms with Crippen molar-refractivity contribution in [2.45, 2.75) is 26.3 Å². The number of primary amides is 1. The molecular weight excluding hydrogens is 341 g/mol. The number of nitrogens with one attached hydrogen (secondary N) is 1. The van der Waals surface area contributed by atoms with Crippen molar-refractivity contribution in [3.8, 4) is 0 Å². The average Bonchev–Trinajstić information content (AvgIpc) is 2.93. The molecule has 25 heavy (non-hydrogen) atoms. The molecule has 1 aromatic heterocycles. The molecule has 7 heteroatoms. The molecule has 2 heterocycles. The summed E-state index contributed by atoms with van der Waals surface area (Å²) in [5.74, 6) is -1.11. The molecule has 3 rings (SSSR count). The number of carbonyl (C=O) groups excluding carboxylic acids is 2. The lowest BCUT2D eigenvalue weighted by molar-refractivity contribution is -0.115. The van der Waals surface area contributed by atoms with E-state index in [4.69, 9.17) is 5.73 Å². The van der Waals surface area contributed by atoms with Gasteiger partial charge in [0.05, 0.1) is 12.0 Å². The maximum atomic E-state index is 13.0. The zero-order valence-corrected chi connectivity index (χ0v) is 14.8. The molecule has 1 aliphatic rings. The molecule has 2 aromatic rings. The molecule has 132 valence electrons. The number of hydrogen-bond donors (Lipinski definition) is 2. The van der Waals surface area contributed by atoms with Crippen LogP contribution in [-0.2, 0) is 24.2 Å². The number of nitrogens with two attached hydrogens (primary N) is 1. The molecule has 2 amide bonds. The maximum absolute atomic E-state index is 13.0. The number of thiophene rings is 1. The maximum Gasteiger partial charge on any atom is 0.251 e. The summed E-state index contributed by atoms with van der Waals surface area (Å²) in [5.41, 5.74) is 7.65. The van der Waals surface area contributed by atoms with Gasteiger partial charge in [0.15, 0.2) is 0 Å². The topological polar surface area (TPSA) is 75.4 Å². The number of hydrogen-bond acceptors (Lipinski definition) is 4. The number of likely N-dealkylation sites (N-methyl/N-ethyl adjacent to an activating group) is 1. The van der Waals surface area contributed by atoms with E-state index in [2.05, 4.69) is 17.1 Å². The molecule has 1 aliphatic heterocycles. The summed E-state index contributed by atoms with van der Waals surface area (Å²) in [6, 6.07) is 5.78. The lowest BCUT2D eigenvalue weighted by Gasteiger charge is -2.25. The monoisotopic (exact) mass is 361 g/mol. The van der Waals surface area contributed by atoms with Gasteiger partial charge in [0, 0.05) is 18.0 Å². The molecule has 0 fully saturated rings. The van der Waals surface area contributed by atoms with Gasteiger partial charge in [-0.05, 0) is 36.2 Å². The van der Waals surface area contributed by atoms with Crippen molar-refractivity contribution in [1.29, 1.82) is 0 Å². The van der Waals surface area contributed by atoms with Crippen LogP contribution in [0.3, 0.4) is 0 Å². The fraction of sp³-hybridized carbons (Fsp3) is 0.333. The van der Waals surface area contributed by atoms with E-state index in [1.165, 1.54) is 23.5 Å². The molecule has 0 atom stereocenters. The van der Waals surface area contributed by atoms with Crippen LogP contribution in [0.25, 0.3) is 0 Å². The number of fused-ring (bicyclic) bond motifs is 1. The highest BCUT2D eigenvalue weighted by atomic mass is 32.1. The Kier molecular flexibility index (Phi) is 5.15. The second kappa shape index (κ2) is 7.33. The normalized spacial score (nSPS) is 14.2. The van der Waals surface area contributed by atoms with Gasteiger partial charge in [0.25, 0.3) is 5.91 Å². The lowest BCUT2D eigenvalue weighted by Crippen LogP contribution is -2.30. The van der Waals surface area contributed by atoms with Crippen molar-refractivity contribution in [3.05, 3.63) is 51.7 Å². The second-order valence-electron chi connectivity index (χ2n) is 6.04. The third-order valence-corrected chi connectivity index (χ3v) is 5.49. The number of carbonyl (C=O) groups is 2. The van der Waals surface area contributed by atoms with E-state index in [9.17, 15) is 14.0 Å². The zero-order chi connectivity index (χ0) is 18.0. The Bertz CT molecular complexity index is 801. The van der Waals surface area contributed by atoms with Crippen LogP contribution in [-0.4, -0.2) is 29.8 Å². The van der Waals surface area contributed by atoms with Gasteiger partial charge in [0.1, 0.15) is 10.8 Å². The average molecular weight is 361 g/mol. The zero-order valence-electron chi connectivity index (χ0n) is 14.0. The highest BCUT2D eigenvalue weighted by Crippen LogP contribution is 2.36. The van der Waals surface area contributed by atoms with E-state index in [-0.39, 0.29) is 18.1 Å². The molecule has 5 nitrogen and oxygen atoms in total. The SMILES string of the molecule is CCN1CCc2c(sc(NC(=O)Cc3ccc(F)cc3)c2C(N)=O)C1. The van der Waals surface area contributed by atoms with Crippen LogP contribution < -0.4 is 11.1 Å². The summed E-state index contributed by atoms with van der Waals surface area (Å²) in [6.45, 7) is 4.68. The van der Waals surface area contributed by atoms with Crippen molar-refractivity contribution >= 4 is 28.2 Å². The first kappa shape index (κ1) is 17.6. The number of halogens is 1. The standard InChI is InChI=1S/C18H20FN3O2S/c1-2-22-8-7-13-14(10-22)25-18(16(13)17(20)24)21-15(23)9-11-3-5-12(19)6-4-11/h3-6H,2,7-10H2,1H3,(H2,20,24)(H,21,23). The summed E-state index contributed by atoms with van der Waals surface area (Å²) in [6.07, 6.45) is 0.869. The number of amides is 2. The molecule has 0 saturated carbocycles. The summed E-state index contributed by atoms with van der Waals surface area (Å²) in [4.78, 5) is 27.6. The molecule has 0 saturated heterocycles. The molecular formula is C18H20FN3O2S. The molecule has 0 unspecified atom stereocenters. The minimum Gasteiger partial charge on any atom is -0.365 e. The van der Waals surface area contributed by atoms with Gasteiger partial charge in [-0.15, -0.1) is 11.3 Å². The van der Waals surface area contributed by atoms with Crippen LogP contribution in [0.15, 0.2) is 24.3 Å². The van der Waals surface area contributed by atoms with E-state index in [0.717, 1.165) is 36.5 Å². The number of nitrogens with zero attached hydrogens (tertiary/aromatic N) is 1. The van der Waals surface area contributed by atoms with E-state index >= 15 is 0 Å². The summed E-state index contributed by atoms with van der Waals surface area (Å²) in [7, 11) is 0. The Morgan fingerprint density at radius 3 is 2.68 bits per heavy atom. The number of rotatable bonds is 5. The number of anilines is 1. The Hall–Kier alpha value is -2.25. The third-order valence-electron chi connectivity index (χ3n) is 4.36. The lowest BCUT2D eigenvalue weighted by atomic mass is 10.0. The van der Waals surface area contributed by atoms with Crippen molar-refractivity contribution in [3.63, 3.8) is 0 Å². The van der Waals surface area contributed by atoms with Gasteiger partial charge < -0.3 is 11.1 Å². The van der Waals surface area contributed by atoms with Gasteiger partial charge in [-0.25, -0.2) is 4.39 Å². The van der Waals surface area contributed by atoms with Gasteiger partial charge >= 0.3 is 0 Å². The Balaban J connectivity index is 1.79. The van der Waals surface area contributed by atoms with Crippen molar-refractivity contribution in [2.24, 2.45) is 5.73 Å². The van der Waals surface area contributed by atoms with Crippen LogP contribution in [0.5, 0.6) is 0 Å². The van der Waals surface area contributed by atoms with Crippen LogP contribution in [0.1, 0.15) is 33.3 Å². The van der Waals surface area contributed by atoms with Gasteiger partial charge in [-0.3, -0.25) is 14.5 Å². The summed E-state index contributed by atoms with van der Waals surface area (Å²) in [5, 5.41) is 3.33. The second-order valence-corrected chi connectivity index (χ2v) is 7.15. The largest absolute Gasteiger partial charge is 0.365 e. The van der Waals surface area contributed by atoms with Gasteiger partial charge in [0.2, 0.25) is 5.91 Å². The van der Waals surface area contributed by atoms with Crippen molar-refractivity contribution in [2.75, 3.05) is 18.4 Å². The molecule has 0 spiro atoms. The highest BCUT2D eigenvalue weighted by Gasteiger charge is 2.27.